The Balaban J connectivity index is 1.72. The van der Waals surface area contributed by atoms with E-state index in [9.17, 15) is 4.79 Å². The molecular formula is C17H25N3O2. The van der Waals surface area contributed by atoms with Crippen molar-refractivity contribution in [3.05, 3.63) is 29.4 Å². The van der Waals surface area contributed by atoms with Gasteiger partial charge < -0.3 is 14.2 Å². The zero-order valence-electron chi connectivity index (χ0n) is 13.5. The van der Waals surface area contributed by atoms with Crippen molar-refractivity contribution in [1.29, 1.82) is 0 Å². The first kappa shape index (κ1) is 15.3. The van der Waals surface area contributed by atoms with Gasteiger partial charge in [0, 0.05) is 38.7 Å². The molecule has 5 heteroatoms. The third-order valence-electron chi connectivity index (χ3n) is 4.71. The number of carbonyl (C=O) groups is 1. The summed E-state index contributed by atoms with van der Waals surface area (Å²) in [4.78, 5) is 19.1. The molecule has 0 radical (unpaired) electrons. The van der Waals surface area contributed by atoms with E-state index in [1.54, 1.807) is 7.11 Å². The number of aryl methyl sites for hydroxylation is 1. The Morgan fingerprint density at radius 2 is 2.32 bits per heavy atom. The highest BCUT2D eigenvalue weighted by Gasteiger charge is 2.31. The van der Waals surface area contributed by atoms with E-state index in [1.807, 2.05) is 18.3 Å². The molecule has 0 spiro atoms. The van der Waals surface area contributed by atoms with Crippen LogP contribution in [0.3, 0.4) is 0 Å². The van der Waals surface area contributed by atoms with Crippen LogP contribution in [-0.2, 0) is 23.1 Å². The lowest BCUT2D eigenvalue weighted by molar-refractivity contribution is -0.132. The molecule has 0 aromatic carbocycles. The number of nitrogens with zero attached hydrogens (tertiary/aromatic N) is 3. The SMILES string of the molecule is COC[C@@H]1CN(C(=O)CC2=CCCCC2)Cc2ncn(C)c21. The molecule has 120 valence electrons. The van der Waals surface area contributed by atoms with Crippen molar-refractivity contribution < 1.29 is 9.53 Å². The molecule has 3 rings (SSSR count). The van der Waals surface area contributed by atoms with Gasteiger partial charge in [-0.25, -0.2) is 4.98 Å². The Labute approximate surface area is 132 Å². The zero-order valence-corrected chi connectivity index (χ0v) is 13.5. The van der Waals surface area contributed by atoms with Crippen LogP contribution in [-0.4, -0.2) is 40.6 Å². The summed E-state index contributed by atoms with van der Waals surface area (Å²) in [5.74, 6) is 0.441. The van der Waals surface area contributed by atoms with Gasteiger partial charge in [0.2, 0.25) is 5.91 Å². The van der Waals surface area contributed by atoms with Crippen LogP contribution in [0.2, 0.25) is 0 Å². The molecule has 2 aliphatic rings. The van der Waals surface area contributed by atoms with Gasteiger partial charge in [-0.15, -0.1) is 0 Å². The number of carbonyl (C=O) groups excluding carboxylic acids is 1. The number of ether oxygens (including phenoxy) is 1. The Morgan fingerprint density at radius 3 is 3.05 bits per heavy atom. The molecule has 0 unspecified atom stereocenters. The molecule has 1 aliphatic carbocycles. The topological polar surface area (TPSA) is 47.4 Å². The predicted molar refractivity (Wildman–Crippen MR) is 84.4 cm³/mol. The van der Waals surface area contributed by atoms with Crippen molar-refractivity contribution in [2.75, 3.05) is 20.3 Å². The predicted octanol–water partition coefficient (Wildman–Crippen LogP) is 2.38. The third kappa shape index (κ3) is 3.09. The lowest BCUT2D eigenvalue weighted by Crippen LogP contribution is -2.40. The minimum absolute atomic E-state index is 0.213. The monoisotopic (exact) mass is 303 g/mol. The second kappa shape index (κ2) is 6.65. The van der Waals surface area contributed by atoms with Crippen molar-refractivity contribution in [2.24, 2.45) is 7.05 Å². The van der Waals surface area contributed by atoms with E-state index in [1.165, 1.54) is 24.1 Å². The Kier molecular flexibility index (Phi) is 4.62. The average Bonchev–Trinajstić information content (AvgIpc) is 2.90. The number of aromatic nitrogens is 2. The fourth-order valence-electron chi connectivity index (χ4n) is 3.63. The first-order valence-corrected chi connectivity index (χ1v) is 8.13. The molecule has 5 nitrogen and oxygen atoms in total. The van der Waals surface area contributed by atoms with E-state index in [0.717, 1.165) is 25.1 Å². The number of allylic oxidation sites excluding steroid dienone is 1. The molecule has 1 aromatic heterocycles. The van der Waals surface area contributed by atoms with E-state index >= 15 is 0 Å². The largest absolute Gasteiger partial charge is 0.384 e. The fourth-order valence-corrected chi connectivity index (χ4v) is 3.63. The van der Waals surface area contributed by atoms with Crippen molar-refractivity contribution in [2.45, 2.75) is 44.6 Å². The summed E-state index contributed by atoms with van der Waals surface area (Å²) in [6, 6.07) is 0. The second-order valence-corrected chi connectivity index (χ2v) is 6.40. The maximum Gasteiger partial charge on any atom is 0.227 e. The first-order chi connectivity index (χ1) is 10.7. The van der Waals surface area contributed by atoms with Crippen LogP contribution in [0.15, 0.2) is 18.0 Å². The highest BCUT2D eigenvalue weighted by Crippen LogP contribution is 2.29. The summed E-state index contributed by atoms with van der Waals surface area (Å²) in [5.41, 5.74) is 3.54. The van der Waals surface area contributed by atoms with Crippen LogP contribution >= 0.6 is 0 Å². The lowest BCUT2D eigenvalue weighted by Gasteiger charge is -2.33. The van der Waals surface area contributed by atoms with E-state index in [0.29, 0.717) is 19.6 Å². The van der Waals surface area contributed by atoms with E-state index in [4.69, 9.17) is 4.74 Å². The van der Waals surface area contributed by atoms with Crippen LogP contribution in [0.4, 0.5) is 0 Å². The normalized spacial score (nSPS) is 21.5. The quantitative estimate of drug-likeness (QED) is 0.802. The number of amides is 1. The summed E-state index contributed by atoms with van der Waals surface area (Å²) in [5, 5.41) is 0. The summed E-state index contributed by atoms with van der Waals surface area (Å²) in [6.07, 6.45) is 9.34. The number of rotatable bonds is 4. The maximum absolute atomic E-state index is 12.6. The van der Waals surface area contributed by atoms with Gasteiger partial charge in [-0.2, -0.15) is 0 Å². The zero-order chi connectivity index (χ0) is 15.5. The van der Waals surface area contributed by atoms with E-state index in [-0.39, 0.29) is 11.8 Å². The van der Waals surface area contributed by atoms with Crippen molar-refractivity contribution in [3.63, 3.8) is 0 Å². The van der Waals surface area contributed by atoms with Crippen LogP contribution in [0.1, 0.15) is 49.4 Å². The summed E-state index contributed by atoms with van der Waals surface area (Å²) in [6.45, 7) is 1.98. The van der Waals surface area contributed by atoms with Gasteiger partial charge in [-0.05, 0) is 25.7 Å². The average molecular weight is 303 g/mol. The van der Waals surface area contributed by atoms with Gasteiger partial charge in [-0.1, -0.05) is 11.6 Å². The van der Waals surface area contributed by atoms with E-state index in [2.05, 4.69) is 15.6 Å². The Bertz CT molecular complexity index is 576. The van der Waals surface area contributed by atoms with Gasteiger partial charge in [0.1, 0.15) is 0 Å². The number of hydrogen-bond donors (Lipinski definition) is 0. The van der Waals surface area contributed by atoms with Crippen molar-refractivity contribution in [3.8, 4) is 0 Å². The minimum atomic E-state index is 0.213. The molecule has 1 atom stereocenters. The number of fused-ring (bicyclic) bond motifs is 1. The van der Waals surface area contributed by atoms with Gasteiger partial charge in [0.15, 0.2) is 0 Å². The highest BCUT2D eigenvalue weighted by atomic mass is 16.5. The third-order valence-corrected chi connectivity index (χ3v) is 4.71. The Morgan fingerprint density at radius 1 is 1.45 bits per heavy atom. The molecule has 0 bridgehead atoms. The minimum Gasteiger partial charge on any atom is -0.384 e. The molecule has 1 aliphatic heterocycles. The smallest absolute Gasteiger partial charge is 0.227 e. The van der Waals surface area contributed by atoms with Crippen molar-refractivity contribution in [1.82, 2.24) is 14.5 Å². The lowest BCUT2D eigenvalue weighted by atomic mass is 9.95. The highest BCUT2D eigenvalue weighted by molar-refractivity contribution is 5.79. The van der Waals surface area contributed by atoms with Crippen LogP contribution < -0.4 is 0 Å². The fraction of sp³-hybridized carbons (Fsp3) is 0.647. The number of imidazole rings is 1. The van der Waals surface area contributed by atoms with Gasteiger partial charge in [-0.3, -0.25) is 4.79 Å². The molecule has 22 heavy (non-hydrogen) atoms. The molecule has 1 amide bonds. The Hall–Kier alpha value is -1.62. The van der Waals surface area contributed by atoms with Crippen LogP contribution in [0, 0.1) is 0 Å². The van der Waals surface area contributed by atoms with Gasteiger partial charge in [0.05, 0.1) is 25.2 Å². The molecule has 0 N–H and O–H groups in total. The number of hydrogen-bond acceptors (Lipinski definition) is 3. The second-order valence-electron chi connectivity index (χ2n) is 6.40. The standard InChI is InChI=1S/C17H25N3O2/c1-19-12-18-15-10-20(9-14(11-22-2)17(15)19)16(21)8-13-6-4-3-5-7-13/h6,12,14H,3-5,7-11H2,1-2H3/t14-/m0/s1. The molecular weight excluding hydrogens is 278 g/mol. The van der Waals surface area contributed by atoms with Crippen molar-refractivity contribution >= 4 is 5.91 Å². The first-order valence-electron chi connectivity index (χ1n) is 8.13. The molecule has 0 saturated heterocycles. The molecule has 2 heterocycles. The summed E-state index contributed by atoms with van der Waals surface area (Å²) >= 11 is 0. The summed E-state index contributed by atoms with van der Waals surface area (Å²) < 4.78 is 7.41. The summed E-state index contributed by atoms with van der Waals surface area (Å²) in [7, 11) is 3.72. The van der Waals surface area contributed by atoms with Crippen LogP contribution in [0.5, 0.6) is 0 Å². The molecule has 1 aromatic rings. The van der Waals surface area contributed by atoms with Crippen LogP contribution in [0.25, 0.3) is 0 Å². The molecule has 0 saturated carbocycles. The molecule has 0 fully saturated rings. The van der Waals surface area contributed by atoms with Gasteiger partial charge >= 0.3 is 0 Å². The maximum atomic E-state index is 12.6. The number of methoxy groups -OCH3 is 1. The van der Waals surface area contributed by atoms with Gasteiger partial charge in [0.25, 0.3) is 0 Å². The van der Waals surface area contributed by atoms with E-state index < -0.39 is 0 Å².